The molecule has 0 saturated heterocycles. The highest BCUT2D eigenvalue weighted by Crippen LogP contribution is 2.17. The minimum absolute atomic E-state index is 0.326. The molecule has 116 valence electrons. The van der Waals surface area contributed by atoms with Crippen molar-refractivity contribution in [1.29, 1.82) is 0 Å². The number of H-pyrrole nitrogens is 1. The van der Waals surface area contributed by atoms with Crippen LogP contribution in [0.25, 0.3) is 0 Å². The van der Waals surface area contributed by atoms with Gasteiger partial charge in [0.15, 0.2) is 0 Å². The van der Waals surface area contributed by atoms with Gasteiger partial charge in [0.25, 0.3) is 0 Å². The summed E-state index contributed by atoms with van der Waals surface area (Å²) in [6, 6.07) is 0.326. The largest absolute Gasteiger partial charge is 0.310 e. The number of hydrogen-bond acceptors (Lipinski definition) is 3. The van der Waals surface area contributed by atoms with Gasteiger partial charge in [-0.1, -0.05) is 71.1 Å². The third-order valence-corrected chi connectivity index (χ3v) is 3.96. The van der Waals surface area contributed by atoms with Gasteiger partial charge in [-0.2, -0.15) is 5.10 Å². The lowest BCUT2D eigenvalue weighted by Crippen LogP contribution is -2.17. The van der Waals surface area contributed by atoms with Crippen molar-refractivity contribution >= 4 is 0 Å². The van der Waals surface area contributed by atoms with Crippen molar-refractivity contribution in [3.05, 3.63) is 12.2 Å². The SMILES string of the molecule is CCCCCCCCCCCCC(NC)c1ncn[nH]1. The molecule has 1 rings (SSSR count). The number of rotatable bonds is 13. The lowest BCUT2D eigenvalue weighted by atomic mass is 10.0. The Bertz CT molecular complexity index is 297. The maximum absolute atomic E-state index is 4.22. The van der Waals surface area contributed by atoms with Gasteiger partial charge >= 0.3 is 0 Å². The van der Waals surface area contributed by atoms with Crippen LogP contribution in [-0.4, -0.2) is 22.2 Å². The molecule has 20 heavy (non-hydrogen) atoms. The van der Waals surface area contributed by atoms with Crippen LogP contribution in [0.2, 0.25) is 0 Å². The Labute approximate surface area is 124 Å². The molecule has 2 N–H and O–H groups in total. The average Bonchev–Trinajstić information content (AvgIpc) is 2.99. The van der Waals surface area contributed by atoms with Crippen molar-refractivity contribution < 1.29 is 0 Å². The predicted octanol–water partition coefficient (Wildman–Crippen LogP) is 4.38. The Kier molecular flexibility index (Phi) is 10.2. The highest BCUT2D eigenvalue weighted by Gasteiger charge is 2.10. The predicted molar refractivity (Wildman–Crippen MR) is 84.6 cm³/mol. The van der Waals surface area contributed by atoms with Crippen LogP contribution in [0.1, 0.15) is 89.4 Å². The van der Waals surface area contributed by atoms with E-state index in [1.165, 1.54) is 64.2 Å². The molecule has 1 atom stereocenters. The minimum atomic E-state index is 0.326. The fourth-order valence-electron chi connectivity index (χ4n) is 2.64. The molecule has 4 heteroatoms. The summed E-state index contributed by atoms with van der Waals surface area (Å²) >= 11 is 0. The van der Waals surface area contributed by atoms with Crippen molar-refractivity contribution in [2.24, 2.45) is 0 Å². The molecular weight excluding hydrogens is 248 g/mol. The van der Waals surface area contributed by atoms with Crippen LogP contribution < -0.4 is 5.32 Å². The van der Waals surface area contributed by atoms with Gasteiger partial charge in [0, 0.05) is 0 Å². The molecule has 0 aliphatic rings. The molecule has 0 saturated carbocycles. The molecule has 0 amide bonds. The van der Waals surface area contributed by atoms with E-state index in [0.29, 0.717) is 6.04 Å². The molecule has 1 aromatic heterocycles. The summed E-state index contributed by atoms with van der Waals surface area (Å²) < 4.78 is 0. The Hall–Kier alpha value is -0.900. The highest BCUT2D eigenvalue weighted by molar-refractivity contribution is 4.90. The number of nitrogens with one attached hydrogen (secondary N) is 2. The standard InChI is InChI=1S/C16H32N4/c1-3-4-5-6-7-8-9-10-11-12-13-15(17-2)16-18-14-19-20-16/h14-15,17H,3-13H2,1-2H3,(H,18,19,20). The first-order valence-electron chi connectivity index (χ1n) is 8.41. The average molecular weight is 280 g/mol. The van der Waals surface area contributed by atoms with E-state index in [0.717, 1.165) is 12.2 Å². The number of nitrogens with zero attached hydrogens (tertiary/aromatic N) is 2. The normalized spacial score (nSPS) is 12.7. The molecule has 0 aliphatic heterocycles. The maximum Gasteiger partial charge on any atom is 0.141 e. The van der Waals surface area contributed by atoms with Gasteiger partial charge in [0.05, 0.1) is 6.04 Å². The van der Waals surface area contributed by atoms with Crippen molar-refractivity contribution in [3.63, 3.8) is 0 Å². The van der Waals surface area contributed by atoms with Crippen LogP contribution in [0.4, 0.5) is 0 Å². The quantitative estimate of drug-likeness (QED) is 0.527. The molecule has 0 radical (unpaired) electrons. The first-order chi connectivity index (χ1) is 9.88. The van der Waals surface area contributed by atoms with Crippen LogP contribution in [-0.2, 0) is 0 Å². The van der Waals surface area contributed by atoms with Gasteiger partial charge in [-0.15, -0.1) is 0 Å². The van der Waals surface area contributed by atoms with Crippen LogP contribution in [0.15, 0.2) is 6.33 Å². The zero-order valence-electron chi connectivity index (χ0n) is 13.3. The van der Waals surface area contributed by atoms with Gasteiger partial charge in [-0.05, 0) is 13.5 Å². The molecule has 0 aromatic carbocycles. The topological polar surface area (TPSA) is 53.6 Å². The second-order valence-corrected chi connectivity index (χ2v) is 5.68. The first kappa shape index (κ1) is 17.2. The molecule has 4 nitrogen and oxygen atoms in total. The van der Waals surface area contributed by atoms with Gasteiger partial charge in [-0.25, -0.2) is 4.98 Å². The van der Waals surface area contributed by atoms with Crippen molar-refractivity contribution in [2.45, 2.75) is 83.6 Å². The van der Waals surface area contributed by atoms with Crippen molar-refractivity contribution in [2.75, 3.05) is 7.05 Å². The number of aromatic amines is 1. The Balaban J connectivity index is 1.91. The van der Waals surface area contributed by atoms with Crippen LogP contribution in [0.5, 0.6) is 0 Å². The highest BCUT2D eigenvalue weighted by atomic mass is 15.2. The molecule has 1 aromatic rings. The Morgan fingerprint density at radius 2 is 1.60 bits per heavy atom. The van der Waals surface area contributed by atoms with Crippen molar-refractivity contribution in [3.8, 4) is 0 Å². The smallest absolute Gasteiger partial charge is 0.141 e. The number of aromatic nitrogens is 3. The molecular formula is C16H32N4. The van der Waals surface area contributed by atoms with E-state index in [-0.39, 0.29) is 0 Å². The number of unbranched alkanes of at least 4 members (excludes halogenated alkanes) is 9. The van der Waals surface area contributed by atoms with Gasteiger partial charge in [0.1, 0.15) is 12.2 Å². The van der Waals surface area contributed by atoms with E-state index in [1.54, 1.807) is 6.33 Å². The fourth-order valence-corrected chi connectivity index (χ4v) is 2.64. The summed E-state index contributed by atoms with van der Waals surface area (Å²) in [7, 11) is 1.99. The molecule has 0 bridgehead atoms. The van der Waals surface area contributed by atoms with E-state index in [9.17, 15) is 0 Å². The molecule has 0 spiro atoms. The first-order valence-corrected chi connectivity index (χ1v) is 8.41. The molecule has 1 unspecified atom stereocenters. The zero-order chi connectivity index (χ0) is 14.5. The second kappa shape index (κ2) is 11.9. The fraction of sp³-hybridized carbons (Fsp3) is 0.875. The van der Waals surface area contributed by atoms with Gasteiger partial charge in [-0.3, -0.25) is 5.10 Å². The van der Waals surface area contributed by atoms with Gasteiger partial charge < -0.3 is 5.32 Å². The van der Waals surface area contributed by atoms with Crippen LogP contribution in [0, 0.1) is 0 Å². The minimum Gasteiger partial charge on any atom is -0.310 e. The summed E-state index contributed by atoms with van der Waals surface area (Å²) in [5.74, 6) is 0.962. The zero-order valence-corrected chi connectivity index (χ0v) is 13.3. The summed E-state index contributed by atoms with van der Waals surface area (Å²) in [5.41, 5.74) is 0. The summed E-state index contributed by atoms with van der Waals surface area (Å²) in [5, 5.41) is 10.2. The molecule has 0 fully saturated rings. The van der Waals surface area contributed by atoms with Gasteiger partial charge in [0.2, 0.25) is 0 Å². The monoisotopic (exact) mass is 280 g/mol. The Morgan fingerprint density at radius 3 is 2.10 bits per heavy atom. The molecule has 0 aliphatic carbocycles. The third-order valence-electron chi connectivity index (χ3n) is 3.96. The van der Waals surface area contributed by atoms with E-state index in [4.69, 9.17) is 0 Å². The van der Waals surface area contributed by atoms with Crippen LogP contribution in [0.3, 0.4) is 0 Å². The summed E-state index contributed by atoms with van der Waals surface area (Å²) in [4.78, 5) is 4.22. The van der Waals surface area contributed by atoms with Crippen LogP contribution >= 0.6 is 0 Å². The van der Waals surface area contributed by atoms with E-state index < -0.39 is 0 Å². The summed E-state index contributed by atoms with van der Waals surface area (Å²) in [6.45, 7) is 2.28. The molecule has 1 heterocycles. The Morgan fingerprint density at radius 1 is 1.00 bits per heavy atom. The summed E-state index contributed by atoms with van der Waals surface area (Å²) in [6.07, 6.45) is 16.6. The lowest BCUT2D eigenvalue weighted by molar-refractivity contribution is 0.477. The number of hydrogen-bond donors (Lipinski definition) is 2. The second-order valence-electron chi connectivity index (χ2n) is 5.68. The maximum atomic E-state index is 4.22. The van der Waals surface area contributed by atoms with E-state index in [2.05, 4.69) is 27.4 Å². The lowest BCUT2D eigenvalue weighted by Gasteiger charge is -2.12. The van der Waals surface area contributed by atoms with E-state index in [1.807, 2.05) is 7.05 Å². The van der Waals surface area contributed by atoms with Crippen molar-refractivity contribution in [1.82, 2.24) is 20.5 Å². The third kappa shape index (κ3) is 7.63. The van der Waals surface area contributed by atoms with E-state index >= 15 is 0 Å².